The summed E-state index contributed by atoms with van der Waals surface area (Å²) in [4.78, 5) is 12.4. The van der Waals surface area contributed by atoms with E-state index >= 15 is 0 Å². The Morgan fingerprint density at radius 2 is 1.88 bits per heavy atom. The maximum absolute atomic E-state index is 13.1. The Labute approximate surface area is 198 Å². The highest BCUT2D eigenvalue weighted by Gasteiger charge is 2.12. The van der Waals surface area contributed by atoms with E-state index in [-0.39, 0.29) is 18.2 Å². The molecule has 8 heteroatoms. The summed E-state index contributed by atoms with van der Waals surface area (Å²) in [5, 5.41) is 4.83. The van der Waals surface area contributed by atoms with Crippen LogP contribution in [0.25, 0.3) is 11.0 Å². The molecule has 0 radical (unpaired) electrons. The van der Waals surface area contributed by atoms with E-state index in [2.05, 4.69) is 26.5 Å². The number of hydrazone groups is 1. The second-order valence-corrected chi connectivity index (χ2v) is 7.96. The Morgan fingerprint density at radius 3 is 2.67 bits per heavy atom. The first kappa shape index (κ1) is 22.5. The number of benzene rings is 3. The van der Waals surface area contributed by atoms with E-state index in [1.54, 1.807) is 42.5 Å². The number of nitrogens with zero attached hydrogens (tertiary/aromatic N) is 1. The van der Waals surface area contributed by atoms with Crippen LogP contribution in [0.2, 0.25) is 0 Å². The van der Waals surface area contributed by atoms with Crippen LogP contribution in [0.5, 0.6) is 11.5 Å². The third-order valence-electron chi connectivity index (χ3n) is 4.66. The zero-order valence-electron chi connectivity index (χ0n) is 17.7. The van der Waals surface area contributed by atoms with Gasteiger partial charge in [0, 0.05) is 9.86 Å². The first-order valence-corrected chi connectivity index (χ1v) is 11.0. The van der Waals surface area contributed by atoms with Crippen molar-refractivity contribution in [2.45, 2.75) is 13.5 Å². The number of fused-ring (bicyclic) bond motifs is 1. The second-order valence-electron chi connectivity index (χ2n) is 7.05. The molecule has 0 saturated heterocycles. The lowest BCUT2D eigenvalue weighted by Crippen LogP contribution is -2.16. The summed E-state index contributed by atoms with van der Waals surface area (Å²) < 4.78 is 31.0. The summed E-state index contributed by atoms with van der Waals surface area (Å²) in [6.07, 6.45) is 1.50. The number of nitrogens with one attached hydrogen (secondary N) is 1. The van der Waals surface area contributed by atoms with Crippen LogP contribution in [-0.2, 0) is 6.61 Å². The number of amides is 1. The molecule has 3 aromatic carbocycles. The van der Waals surface area contributed by atoms with Crippen molar-refractivity contribution in [1.82, 2.24) is 5.43 Å². The molecule has 168 valence electrons. The van der Waals surface area contributed by atoms with Crippen molar-refractivity contribution >= 4 is 39.0 Å². The van der Waals surface area contributed by atoms with E-state index in [4.69, 9.17) is 13.9 Å². The monoisotopic (exact) mass is 510 g/mol. The minimum Gasteiger partial charge on any atom is -0.490 e. The molecule has 33 heavy (non-hydrogen) atoms. The highest BCUT2D eigenvalue weighted by Crippen LogP contribution is 2.29. The Balaban J connectivity index is 1.41. The molecule has 0 saturated carbocycles. The molecule has 0 fully saturated rings. The van der Waals surface area contributed by atoms with Crippen molar-refractivity contribution < 1.29 is 23.1 Å². The summed E-state index contributed by atoms with van der Waals surface area (Å²) in [7, 11) is 0. The zero-order chi connectivity index (χ0) is 23.2. The molecule has 1 amide bonds. The molecule has 0 aliphatic heterocycles. The van der Waals surface area contributed by atoms with Gasteiger partial charge in [-0.3, -0.25) is 4.79 Å². The molecule has 0 bridgehead atoms. The third-order valence-corrected chi connectivity index (χ3v) is 5.15. The maximum Gasteiger partial charge on any atom is 0.307 e. The quantitative estimate of drug-likeness (QED) is 0.230. The fraction of sp³-hybridized carbons (Fsp3) is 0.120. The zero-order valence-corrected chi connectivity index (χ0v) is 19.3. The van der Waals surface area contributed by atoms with Crippen LogP contribution in [0.1, 0.15) is 28.6 Å². The standard InChI is InChI=1S/C25H20BrFN2O4/c1-2-31-23-11-17(5-9-22(23)32-15-16-3-7-20(27)8-4-16)14-28-29-25(30)24-13-18-12-19(26)6-10-21(18)33-24/h3-14H,2,15H2,1H3,(H,29,30)/b28-14-. The number of rotatable bonds is 8. The van der Waals surface area contributed by atoms with Crippen LogP contribution >= 0.6 is 15.9 Å². The fourth-order valence-corrected chi connectivity index (χ4v) is 3.46. The Kier molecular flexibility index (Phi) is 7.04. The highest BCUT2D eigenvalue weighted by atomic mass is 79.9. The van der Waals surface area contributed by atoms with Gasteiger partial charge in [-0.2, -0.15) is 5.10 Å². The van der Waals surface area contributed by atoms with Gasteiger partial charge in [-0.15, -0.1) is 0 Å². The van der Waals surface area contributed by atoms with Crippen molar-refractivity contribution in [3.8, 4) is 11.5 Å². The van der Waals surface area contributed by atoms with E-state index < -0.39 is 5.91 Å². The highest BCUT2D eigenvalue weighted by molar-refractivity contribution is 9.10. The topological polar surface area (TPSA) is 73.1 Å². The van der Waals surface area contributed by atoms with Gasteiger partial charge in [0.05, 0.1) is 12.8 Å². The average molecular weight is 511 g/mol. The van der Waals surface area contributed by atoms with E-state index in [1.165, 1.54) is 18.3 Å². The summed E-state index contributed by atoms with van der Waals surface area (Å²) in [5.74, 6) is 0.508. The van der Waals surface area contributed by atoms with Gasteiger partial charge in [0.15, 0.2) is 17.3 Å². The number of carbonyl (C=O) groups is 1. The molecule has 1 N–H and O–H groups in total. The summed E-state index contributed by atoms with van der Waals surface area (Å²) in [5.41, 5.74) is 4.63. The summed E-state index contributed by atoms with van der Waals surface area (Å²) in [6.45, 7) is 2.60. The van der Waals surface area contributed by atoms with Gasteiger partial charge >= 0.3 is 5.91 Å². The van der Waals surface area contributed by atoms with E-state index in [0.717, 1.165) is 15.4 Å². The van der Waals surface area contributed by atoms with Gasteiger partial charge in [0.25, 0.3) is 0 Å². The molecule has 0 atom stereocenters. The maximum atomic E-state index is 13.1. The van der Waals surface area contributed by atoms with Crippen LogP contribution in [0.4, 0.5) is 4.39 Å². The Bertz CT molecular complexity index is 1300. The number of hydrogen-bond acceptors (Lipinski definition) is 5. The third kappa shape index (κ3) is 5.78. The van der Waals surface area contributed by atoms with Gasteiger partial charge in [0.1, 0.15) is 18.0 Å². The van der Waals surface area contributed by atoms with Gasteiger partial charge < -0.3 is 13.9 Å². The van der Waals surface area contributed by atoms with Crippen LogP contribution in [0.15, 0.2) is 80.7 Å². The average Bonchev–Trinajstić information content (AvgIpc) is 3.23. The van der Waals surface area contributed by atoms with Crippen molar-refractivity contribution in [3.63, 3.8) is 0 Å². The van der Waals surface area contributed by atoms with Gasteiger partial charge in [-0.1, -0.05) is 28.1 Å². The number of carbonyl (C=O) groups excluding carboxylic acids is 1. The molecule has 4 rings (SSSR count). The van der Waals surface area contributed by atoms with Gasteiger partial charge in [-0.25, -0.2) is 9.82 Å². The van der Waals surface area contributed by atoms with E-state index in [0.29, 0.717) is 29.3 Å². The number of halogens is 2. The first-order chi connectivity index (χ1) is 16.0. The van der Waals surface area contributed by atoms with Crippen LogP contribution in [0.3, 0.4) is 0 Å². The molecular formula is C25H20BrFN2O4. The molecule has 0 aliphatic rings. The fourth-order valence-electron chi connectivity index (χ4n) is 3.08. The normalized spacial score (nSPS) is 11.1. The summed E-state index contributed by atoms with van der Waals surface area (Å²) in [6, 6.07) is 18.6. The second kappa shape index (κ2) is 10.3. The lowest BCUT2D eigenvalue weighted by atomic mass is 10.2. The Hall–Kier alpha value is -3.65. The lowest BCUT2D eigenvalue weighted by molar-refractivity contribution is 0.0929. The number of furan rings is 1. The van der Waals surface area contributed by atoms with Crippen LogP contribution in [-0.4, -0.2) is 18.7 Å². The SMILES string of the molecule is CCOc1cc(/C=N\NC(=O)c2cc3cc(Br)ccc3o2)ccc1OCc1ccc(F)cc1. The molecule has 0 aliphatic carbocycles. The number of hydrogen-bond donors (Lipinski definition) is 1. The minimum absolute atomic E-state index is 0.166. The molecule has 1 heterocycles. The van der Waals surface area contributed by atoms with Crippen molar-refractivity contribution in [1.29, 1.82) is 0 Å². The molecule has 6 nitrogen and oxygen atoms in total. The van der Waals surface area contributed by atoms with Crippen molar-refractivity contribution in [2.24, 2.45) is 5.10 Å². The van der Waals surface area contributed by atoms with E-state index in [9.17, 15) is 9.18 Å². The molecule has 0 spiro atoms. The predicted molar refractivity (Wildman–Crippen MR) is 127 cm³/mol. The molecule has 4 aromatic rings. The molecular weight excluding hydrogens is 491 g/mol. The Morgan fingerprint density at radius 1 is 1.06 bits per heavy atom. The van der Waals surface area contributed by atoms with Crippen molar-refractivity contribution in [2.75, 3.05) is 6.61 Å². The number of ether oxygens (including phenoxy) is 2. The summed E-state index contributed by atoms with van der Waals surface area (Å²) >= 11 is 3.39. The minimum atomic E-state index is -0.456. The first-order valence-electron chi connectivity index (χ1n) is 10.2. The lowest BCUT2D eigenvalue weighted by Gasteiger charge is -2.12. The van der Waals surface area contributed by atoms with Crippen LogP contribution in [0, 0.1) is 5.82 Å². The molecule has 1 aromatic heterocycles. The van der Waals surface area contributed by atoms with Crippen molar-refractivity contribution in [3.05, 3.63) is 93.9 Å². The van der Waals surface area contributed by atoms with Crippen LogP contribution < -0.4 is 14.9 Å². The van der Waals surface area contributed by atoms with Gasteiger partial charge in [0.2, 0.25) is 0 Å². The smallest absolute Gasteiger partial charge is 0.307 e. The largest absolute Gasteiger partial charge is 0.490 e. The van der Waals surface area contributed by atoms with Gasteiger partial charge in [-0.05, 0) is 72.6 Å². The van der Waals surface area contributed by atoms with E-state index in [1.807, 2.05) is 19.1 Å². The molecule has 0 unspecified atom stereocenters. The predicted octanol–water partition coefficient (Wildman–Crippen LogP) is 6.08.